The molecule has 2 aliphatic rings. The second-order valence-electron chi connectivity index (χ2n) is 7.25. The summed E-state index contributed by atoms with van der Waals surface area (Å²) in [5.41, 5.74) is 0. The molecule has 1 unspecified atom stereocenters. The van der Waals surface area contributed by atoms with Gasteiger partial charge in [0.1, 0.15) is 12.2 Å². The van der Waals surface area contributed by atoms with Crippen molar-refractivity contribution >= 4 is 15.8 Å². The first kappa shape index (κ1) is 19.1. The van der Waals surface area contributed by atoms with Crippen LogP contribution >= 0.6 is 0 Å². The van der Waals surface area contributed by atoms with Gasteiger partial charge in [0.15, 0.2) is 15.8 Å². The summed E-state index contributed by atoms with van der Waals surface area (Å²) >= 11 is 0. The SMILES string of the molecule is CCc1nncn1CCN=C(NC1CCCCC1)NC1CCS(=O)(=O)C1. The van der Waals surface area contributed by atoms with E-state index in [1.165, 1.54) is 19.3 Å². The zero-order valence-corrected chi connectivity index (χ0v) is 16.3. The van der Waals surface area contributed by atoms with E-state index in [0.29, 0.717) is 19.0 Å². The quantitative estimate of drug-likeness (QED) is 0.560. The van der Waals surface area contributed by atoms with E-state index < -0.39 is 9.84 Å². The maximum Gasteiger partial charge on any atom is 0.191 e. The van der Waals surface area contributed by atoms with Crippen LogP contribution in [0.4, 0.5) is 0 Å². The van der Waals surface area contributed by atoms with Crippen LogP contribution in [-0.4, -0.2) is 59.3 Å². The third-order valence-corrected chi connectivity index (χ3v) is 6.91. The Morgan fingerprint density at radius 2 is 2.00 bits per heavy atom. The fourth-order valence-electron chi connectivity index (χ4n) is 3.68. The minimum absolute atomic E-state index is 0.0454. The Balaban J connectivity index is 1.61. The van der Waals surface area contributed by atoms with Crippen molar-refractivity contribution in [2.24, 2.45) is 4.99 Å². The van der Waals surface area contributed by atoms with Crippen molar-refractivity contribution in [2.45, 2.75) is 70.5 Å². The number of rotatable bonds is 6. The van der Waals surface area contributed by atoms with E-state index in [4.69, 9.17) is 4.99 Å². The van der Waals surface area contributed by atoms with E-state index in [0.717, 1.165) is 37.6 Å². The highest BCUT2D eigenvalue weighted by molar-refractivity contribution is 7.91. The molecule has 1 aliphatic heterocycles. The molecule has 1 aromatic rings. The van der Waals surface area contributed by atoms with Crippen LogP contribution in [0.15, 0.2) is 11.3 Å². The lowest BCUT2D eigenvalue weighted by Gasteiger charge is -2.26. The molecule has 1 saturated carbocycles. The highest BCUT2D eigenvalue weighted by atomic mass is 32.2. The van der Waals surface area contributed by atoms with Crippen LogP contribution in [0.1, 0.15) is 51.3 Å². The second-order valence-corrected chi connectivity index (χ2v) is 9.48. The van der Waals surface area contributed by atoms with Crippen molar-refractivity contribution in [1.29, 1.82) is 0 Å². The van der Waals surface area contributed by atoms with Gasteiger partial charge in [0.25, 0.3) is 0 Å². The molecule has 2 N–H and O–H groups in total. The van der Waals surface area contributed by atoms with Crippen molar-refractivity contribution < 1.29 is 8.42 Å². The molecule has 9 heteroatoms. The molecule has 0 bridgehead atoms. The van der Waals surface area contributed by atoms with Gasteiger partial charge in [0.2, 0.25) is 0 Å². The lowest BCUT2D eigenvalue weighted by atomic mass is 9.96. The van der Waals surface area contributed by atoms with Gasteiger partial charge in [-0.15, -0.1) is 10.2 Å². The van der Waals surface area contributed by atoms with Crippen LogP contribution in [-0.2, 0) is 22.8 Å². The molecule has 1 saturated heterocycles. The summed E-state index contributed by atoms with van der Waals surface area (Å²) in [4.78, 5) is 4.70. The zero-order valence-electron chi connectivity index (χ0n) is 15.5. The van der Waals surface area contributed by atoms with Crippen molar-refractivity contribution in [3.63, 3.8) is 0 Å². The van der Waals surface area contributed by atoms with E-state index in [1.54, 1.807) is 6.33 Å². The molecule has 2 heterocycles. The number of aromatic nitrogens is 3. The second kappa shape index (κ2) is 8.83. The summed E-state index contributed by atoms with van der Waals surface area (Å²) in [5, 5.41) is 14.9. The summed E-state index contributed by atoms with van der Waals surface area (Å²) < 4.78 is 25.5. The molecule has 26 heavy (non-hydrogen) atoms. The number of hydrogen-bond acceptors (Lipinski definition) is 5. The van der Waals surface area contributed by atoms with Gasteiger partial charge in [0.05, 0.1) is 18.1 Å². The predicted octanol–water partition coefficient (Wildman–Crippen LogP) is 0.896. The smallest absolute Gasteiger partial charge is 0.191 e. The maximum absolute atomic E-state index is 11.7. The van der Waals surface area contributed by atoms with Crippen LogP contribution in [0.5, 0.6) is 0 Å². The van der Waals surface area contributed by atoms with Gasteiger partial charge in [-0.05, 0) is 19.3 Å². The molecule has 1 aliphatic carbocycles. The molecule has 8 nitrogen and oxygen atoms in total. The lowest BCUT2D eigenvalue weighted by molar-refractivity contribution is 0.408. The average molecular weight is 383 g/mol. The van der Waals surface area contributed by atoms with Gasteiger partial charge in [-0.25, -0.2) is 8.42 Å². The topological polar surface area (TPSA) is 101 Å². The zero-order chi connectivity index (χ0) is 18.4. The molecular weight excluding hydrogens is 352 g/mol. The van der Waals surface area contributed by atoms with Crippen LogP contribution in [0.25, 0.3) is 0 Å². The first-order valence-electron chi connectivity index (χ1n) is 9.70. The molecule has 1 aromatic heterocycles. The van der Waals surface area contributed by atoms with Crippen LogP contribution in [0.3, 0.4) is 0 Å². The normalized spacial score (nSPS) is 23.9. The summed E-state index contributed by atoms with van der Waals surface area (Å²) in [6, 6.07) is 0.380. The van der Waals surface area contributed by atoms with Crippen molar-refractivity contribution in [2.75, 3.05) is 18.1 Å². The van der Waals surface area contributed by atoms with Gasteiger partial charge >= 0.3 is 0 Å². The highest BCUT2D eigenvalue weighted by Gasteiger charge is 2.29. The molecule has 3 rings (SSSR count). The van der Waals surface area contributed by atoms with Crippen molar-refractivity contribution in [3.8, 4) is 0 Å². The van der Waals surface area contributed by atoms with E-state index >= 15 is 0 Å². The molecule has 0 radical (unpaired) electrons. The number of nitrogens with one attached hydrogen (secondary N) is 2. The van der Waals surface area contributed by atoms with Gasteiger partial charge in [-0.2, -0.15) is 0 Å². The average Bonchev–Trinajstić information content (AvgIpc) is 3.21. The van der Waals surface area contributed by atoms with Crippen LogP contribution < -0.4 is 10.6 Å². The Hall–Kier alpha value is -1.64. The van der Waals surface area contributed by atoms with E-state index in [1.807, 2.05) is 4.57 Å². The number of aliphatic imine (C=N–C) groups is 1. The summed E-state index contributed by atoms with van der Waals surface area (Å²) in [6.07, 6.45) is 9.30. The summed E-state index contributed by atoms with van der Waals surface area (Å²) in [5.74, 6) is 2.16. The molecule has 0 aromatic carbocycles. The first-order valence-corrected chi connectivity index (χ1v) is 11.5. The van der Waals surface area contributed by atoms with Crippen LogP contribution in [0, 0.1) is 0 Å². The molecule has 1 atom stereocenters. The Bertz CT molecular complexity index is 709. The molecule has 0 spiro atoms. The van der Waals surface area contributed by atoms with E-state index in [2.05, 4.69) is 27.8 Å². The maximum atomic E-state index is 11.7. The van der Waals surface area contributed by atoms with Crippen molar-refractivity contribution in [3.05, 3.63) is 12.2 Å². The number of aryl methyl sites for hydroxylation is 1. The minimum Gasteiger partial charge on any atom is -0.354 e. The van der Waals surface area contributed by atoms with Crippen LogP contribution in [0.2, 0.25) is 0 Å². The third kappa shape index (κ3) is 5.43. The van der Waals surface area contributed by atoms with Gasteiger partial charge < -0.3 is 15.2 Å². The monoisotopic (exact) mass is 382 g/mol. The van der Waals surface area contributed by atoms with Gasteiger partial charge in [-0.1, -0.05) is 26.2 Å². The summed E-state index contributed by atoms with van der Waals surface area (Å²) in [7, 11) is -2.91. The number of sulfone groups is 1. The minimum atomic E-state index is -2.91. The van der Waals surface area contributed by atoms with E-state index in [-0.39, 0.29) is 17.5 Å². The first-order chi connectivity index (χ1) is 12.6. The third-order valence-electron chi connectivity index (χ3n) is 5.14. The molecule has 146 valence electrons. The Morgan fingerprint density at radius 1 is 1.23 bits per heavy atom. The van der Waals surface area contributed by atoms with Gasteiger partial charge in [-0.3, -0.25) is 4.99 Å². The Kier molecular flexibility index (Phi) is 6.50. The Labute approximate surface area is 155 Å². The highest BCUT2D eigenvalue weighted by Crippen LogP contribution is 2.17. The molecule has 0 amide bonds. The summed E-state index contributed by atoms with van der Waals surface area (Å²) in [6.45, 7) is 3.38. The van der Waals surface area contributed by atoms with Crippen molar-refractivity contribution in [1.82, 2.24) is 25.4 Å². The van der Waals surface area contributed by atoms with E-state index in [9.17, 15) is 8.42 Å². The number of guanidine groups is 1. The number of nitrogens with zero attached hydrogens (tertiary/aromatic N) is 4. The predicted molar refractivity (Wildman–Crippen MR) is 102 cm³/mol. The largest absolute Gasteiger partial charge is 0.354 e. The van der Waals surface area contributed by atoms with Gasteiger partial charge in [0, 0.05) is 25.0 Å². The fraction of sp³-hybridized carbons (Fsp3) is 0.824. The standard InChI is InChI=1S/C17H30N6O2S/c1-2-16-22-19-13-23(16)10-9-18-17(20-14-6-4-3-5-7-14)21-15-8-11-26(24,25)12-15/h13-15H,2-12H2,1H3,(H2,18,20,21). The number of hydrogen-bond donors (Lipinski definition) is 2. The molecular formula is C17H30N6O2S. The fourth-order valence-corrected chi connectivity index (χ4v) is 5.36. The lowest BCUT2D eigenvalue weighted by Crippen LogP contribution is -2.48. The Morgan fingerprint density at radius 3 is 2.69 bits per heavy atom. The molecule has 2 fully saturated rings.